The number of carbonyl (C=O) groups is 1. The predicted octanol–water partition coefficient (Wildman–Crippen LogP) is -0.280. The van der Waals surface area contributed by atoms with Gasteiger partial charge in [-0.25, -0.2) is 0 Å². The van der Waals surface area contributed by atoms with E-state index < -0.39 is 21.9 Å². The van der Waals surface area contributed by atoms with Gasteiger partial charge < -0.3 is 10.5 Å². The Morgan fingerprint density at radius 1 is 1.55 bits per heavy atom. The van der Waals surface area contributed by atoms with Gasteiger partial charge in [-0.2, -0.15) is 18.4 Å². The Balaban J connectivity index is 2.21. The van der Waals surface area contributed by atoms with Gasteiger partial charge in [-0.1, -0.05) is 0 Å². The molecule has 8 nitrogen and oxygen atoms in total. The maximum absolute atomic E-state index is 12.7. The lowest BCUT2D eigenvalue weighted by Crippen LogP contribution is -2.26. The second-order valence-electron chi connectivity index (χ2n) is 4.41. The number of hydrogen-bond donors (Lipinski definition) is 1. The molecular weight excluding hydrogens is 291 g/mol. The van der Waals surface area contributed by atoms with E-state index in [1.807, 2.05) is 0 Å². The summed E-state index contributed by atoms with van der Waals surface area (Å²) in [5.41, 5.74) is 5.49. The fraction of sp³-hybridized carbons (Fsp3) is 0.500. The second-order valence-corrected chi connectivity index (χ2v) is 5.82. The molecule has 1 aromatic heterocycles. The number of amides is 1. The summed E-state index contributed by atoms with van der Waals surface area (Å²) in [5.74, 6) is -1.33. The van der Waals surface area contributed by atoms with Gasteiger partial charge in [0.05, 0.1) is 12.9 Å². The summed E-state index contributed by atoms with van der Waals surface area (Å²) in [6.45, 7) is 0.0571. The van der Waals surface area contributed by atoms with Gasteiger partial charge in [0.1, 0.15) is 5.82 Å². The smallest absolute Gasteiger partial charge is 0.302 e. The molecule has 110 valence electrons. The number of aromatic nitrogens is 2. The van der Waals surface area contributed by atoms with Crippen molar-refractivity contribution in [3.05, 3.63) is 6.07 Å². The molecule has 0 bridgehead atoms. The van der Waals surface area contributed by atoms with Crippen molar-refractivity contribution < 1.29 is 21.8 Å². The van der Waals surface area contributed by atoms with Gasteiger partial charge >= 0.3 is 10.2 Å². The number of halogens is 1. The summed E-state index contributed by atoms with van der Waals surface area (Å²) in [4.78, 5) is 20.8. The quantitative estimate of drug-likeness (QED) is 0.760. The molecule has 1 aromatic rings. The lowest BCUT2D eigenvalue weighted by atomic mass is 10.1. The van der Waals surface area contributed by atoms with Crippen molar-refractivity contribution in [2.45, 2.75) is 6.42 Å². The van der Waals surface area contributed by atoms with Gasteiger partial charge in [-0.05, 0) is 0 Å². The lowest BCUT2D eigenvalue weighted by Gasteiger charge is -2.16. The summed E-state index contributed by atoms with van der Waals surface area (Å²) in [7, 11) is -3.23. The number of nitrogens with zero attached hydrogens (tertiary/aromatic N) is 3. The van der Waals surface area contributed by atoms with E-state index in [0.29, 0.717) is 0 Å². The average Bonchev–Trinajstić information content (AvgIpc) is 2.66. The zero-order chi connectivity index (χ0) is 14.9. The van der Waals surface area contributed by atoms with Crippen LogP contribution in [0.1, 0.15) is 6.42 Å². The van der Waals surface area contributed by atoms with Crippen molar-refractivity contribution in [3.63, 3.8) is 0 Å². The highest BCUT2D eigenvalue weighted by Crippen LogP contribution is 2.27. The average molecular weight is 304 g/mol. The topological polar surface area (TPSA) is 115 Å². The first kappa shape index (κ1) is 14.4. The summed E-state index contributed by atoms with van der Waals surface area (Å²) in [5, 5.41) is 0. The number of carbonyl (C=O) groups excluding carboxylic acids is 1. The fourth-order valence-corrected chi connectivity index (χ4v) is 2.86. The SMILES string of the molecule is COc1cc(N2CC(CS(=O)(=O)F)CC2=O)nc(N)n1. The third kappa shape index (κ3) is 3.32. The standard InChI is InChI=1S/C10H13FN4O4S/c1-19-8-3-7(13-10(12)14-8)15-4-6(2-9(15)16)5-20(11,17)18/h3,6H,2,4-5H2,1H3,(H2,12,13,14). The van der Waals surface area contributed by atoms with Crippen molar-refractivity contribution in [1.82, 2.24) is 9.97 Å². The molecule has 0 aromatic carbocycles. The van der Waals surface area contributed by atoms with Crippen molar-refractivity contribution in [2.75, 3.05) is 30.0 Å². The number of anilines is 2. The Hall–Kier alpha value is -1.97. The van der Waals surface area contributed by atoms with Gasteiger partial charge in [0.2, 0.25) is 17.7 Å². The second kappa shape index (κ2) is 5.19. The van der Waals surface area contributed by atoms with Gasteiger partial charge in [-0.15, -0.1) is 3.89 Å². The monoisotopic (exact) mass is 304 g/mol. The zero-order valence-corrected chi connectivity index (χ0v) is 11.4. The van der Waals surface area contributed by atoms with E-state index >= 15 is 0 Å². The van der Waals surface area contributed by atoms with Crippen molar-refractivity contribution >= 4 is 27.9 Å². The van der Waals surface area contributed by atoms with E-state index in [-0.39, 0.29) is 36.5 Å². The van der Waals surface area contributed by atoms with Crippen LogP contribution in [0.2, 0.25) is 0 Å². The van der Waals surface area contributed by atoms with Crippen LogP contribution < -0.4 is 15.4 Å². The molecule has 0 spiro atoms. The molecule has 0 radical (unpaired) electrons. The van der Waals surface area contributed by atoms with Crippen molar-refractivity contribution in [3.8, 4) is 5.88 Å². The first-order valence-electron chi connectivity index (χ1n) is 5.70. The van der Waals surface area contributed by atoms with Gasteiger partial charge in [-0.3, -0.25) is 9.69 Å². The normalized spacial score (nSPS) is 19.4. The van der Waals surface area contributed by atoms with Crippen molar-refractivity contribution in [1.29, 1.82) is 0 Å². The van der Waals surface area contributed by atoms with Crippen LogP contribution in [0.25, 0.3) is 0 Å². The summed E-state index contributed by atoms with van der Waals surface area (Å²) in [6.07, 6.45) is -0.0601. The highest BCUT2D eigenvalue weighted by atomic mass is 32.3. The largest absolute Gasteiger partial charge is 0.481 e. The number of nitrogen functional groups attached to an aromatic ring is 1. The minimum atomic E-state index is -4.62. The number of nitrogens with two attached hydrogens (primary N) is 1. The molecule has 1 atom stereocenters. The highest BCUT2D eigenvalue weighted by Gasteiger charge is 2.34. The Bertz CT molecular complexity index is 636. The van der Waals surface area contributed by atoms with E-state index in [0.717, 1.165) is 0 Å². The molecule has 1 aliphatic rings. The highest BCUT2D eigenvalue weighted by molar-refractivity contribution is 7.86. The minimum absolute atomic E-state index is 0.0571. The van der Waals surface area contributed by atoms with E-state index in [4.69, 9.17) is 10.5 Å². The van der Waals surface area contributed by atoms with Crippen LogP contribution in [0.4, 0.5) is 15.7 Å². The van der Waals surface area contributed by atoms with Gasteiger partial charge in [0, 0.05) is 24.9 Å². The minimum Gasteiger partial charge on any atom is -0.481 e. The molecule has 2 heterocycles. The third-order valence-electron chi connectivity index (χ3n) is 2.83. The summed E-state index contributed by atoms with van der Waals surface area (Å²) >= 11 is 0. The Kier molecular flexibility index (Phi) is 3.75. The Morgan fingerprint density at radius 3 is 2.85 bits per heavy atom. The predicted molar refractivity (Wildman–Crippen MR) is 68.4 cm³/mol. The zero-order valence-electron chi connectivity index (χ0n) is 10.6. The molecule has 1 aliphatic heterocycles. The molecule has 0 saturated carbocycles. The summed E-state index contributed by atoms with van der Waals surface area (Å²) in [6, 6.07) is 1.40. The van der Waals surface area contributed by atoms with Crippen LogP contribution >= 0.6 is 0 Å². The molecular formula is C10H13FN4O4S. The van der Waals surface area contributed by atoms with Crippen LogP contribution in [0.3, 0.4) is 0 Å². The maximum atomic E-state index is 12.7. The number of hydrogen-bond acceptors (Lipinski definition) is 7. The number of rotatable bonds is 4. The summed E-state index contributed by atoms with van der Waals surface area (Å²) < 4.78 is 38.8. The van der Waals surface area contributed by atoms with Crippen LogP contribution in [-0.4, -0.2) is 43.7 Å². The van der Waals surface area contributed by atoms with E-state index in [9.17, 15) is 17.1 Å². The number of methoxy groups -OCH3 is 1. The van der Waals surface area contributed by atoms with E-state index in [1.165, 1.54) is 18.1 Å². The van der Waals surface area contributed by atoms with E-state index in [2.05, 4.69) is 9.97 Å². The first-order chi connectivity index (χ1) is 9.28. The fourth-order valence-electron chi connectivity index (χ4n) is 2.07. The molecule has 1 amide bonds. The lowest BCUT2D eigenvalue weighted by molar-refractivity contribution is -0.117. The molecule has 20 heavy (non-hydrogen) atoms. The maximum Gasteiger partial charge on any atom is 0.302 e. The third-order valence-corrected chi connectivity index (χ3v) is 3.70. The van der Waals surface area contributed by atoms with Crippen LogP contribution in [0.15, 0.2) is 6.07 Å². The molecule has 2 N–H and O–H groups in total. The Labute approximate surface area is 115 Å². The van der Waals surface area contributed by atoms with Crippen LogP contribution in [-0.2, 0) is 15.0 Å². The first-order valence-corrected chi connectivity index (χ1v) is 7.25. The van der Waals surface area contributed by atoms with Crippen LogP contribution in [0, 0.1) is 5.92 Å². The molecule has 0 aliphatic carbocycles. The molecule has 1 fully saturated rings. The number of ether oxygens (including phenoxy) is 1. The molecule has 1 unspecified atom stereocenters. The molecule has 10 heteroatoms. The van der Waals surface area contributed by atoms with Crippen molar-refractivity contribution in [2.24, 2.45) is 5.92 Å². The van der Waals surface area contributed by atoms with Gasteiger partial charge in [0.15, 0.2) is 0 Å². The molecule has 2 rings (SSSR count). The van der Waals surface area contributed by atoms with E-state index in [1.54, 1.807) is 0 Å². The van der Waals surface area contributed by atoms with Gasteiger partial charge in [0.25, 0.3) is 0 Å². The molecule has 1 saturated heterocycles. The Morgan fingerprint density at radius 2 is 2.25 bits per heavy atom. The van der Waals surface area contributed by atoms with Crippen LogP contribution in [0.5, 0.6) is 5.88 Å².